The van der Waals surface area contributed by atoms with Crippen LogP contribution in [0.5, 0.6) is 0 Å². The zero-order valence-electron chi connectivity index (χ0n) is 21.9. The third-order valence-electron chi connectivity index (χ3n) is 7.69. The second-order valence-electron chi connectivity index (χ2n) is 10.4. The van der Waals surface area contributed by atoms with Gasteiger partial charge >= 0.3 is 12.1 Å². The van der Waals surface area contributed by atoms with Crippen LogP contribution in [0.1, 0.15) is 53.3 Å². The normalized spacial score (nSPS) is 15.5. The van der Waals surface area contributed by atoms with Gasteiger partial charge < -0.3 is 14.7 Å². The number of rotatable bonds is 9. The van der Waals surface area contributed by atoms with E-state index in [1.54, 1.807) is 36.4 Å². The number of carboxylic acid groups (broad SMARTS) is 1. The van der Waals surface area contributed by atoms with E-state index in [4.69, 9.17) is 4.52 Å². The average molecular weight is 572 g/mol. The lowest BCUT2D eigenvalue weighted by atomic mass is 9.92. The summed E-state index contributed by atoms with van der Waals surface area (Å²) >= 11 is 0. The Morgan fingerprint density at radius 2 is 1.44 bits per heavy atom. The third kappa shape index (κ3) is 5.61. The second kappa shape index (κ2) is 10.4. The summed E-state index contributed by atoms with van der Waals surface area (Å²) in [5.41, 5.74) is 1.35. The summed E-state index contributed by atoms with van der Waals surface area (Å²) in [6.07, 6.45) is -6.62. The van der Waals surface area contributed by atoms with E-state index in [1.165, 1.54) is 6.92 Å². The van der Waals surface area contributed by atoms with E-state index in [-0.39, 0.29) is 29.0 Å². The van der Waals surface area contributed by atoms with Gasteiger partial charge in [-0.1, -0.05) is 65.8 Å². The van der Waals surface area contributed by atoms with Crippen molar-refractivity contribution in [2.24, 2.45) is 0 Å². The van der Waals surface area contributed by atoms with Crippen molar-refractivity contribution in [2.75, 3.05) is 0 Å². The number of carbonyl (C=O) groups is 1. The number of hydrogen-bond acceptors (Lipinski definition) is 4. The molecule has 0 amide bonds. The molecule has 1 fully saturated rings. The Labute approximate surface area is 232 Å². The van der Waals surface area contributed by atoms with Crippen LogP contribution < -0.4 is 0 Å². The van der Waals surface area contributed by atoms with Crippen LogP contribution in [0, 0.1) is 6.92 Å². The maximum Gasteiger partial charge on any atom is 0.416 e. The first-order chi connectivity index (χ1) is 19.3. The molecule has 214 valence electrons. The van der Waals surface area contributed by atoms with Crippen LogP contribution in [0.3, 0.4) is 0 Å². The summed E-state index contributed by atoms with van der Waals surface area (Å²) in [5, 5.41) is 24.0. The molecule has 1 saturated carbocycles. The molecular weight excluding hydrogens is 545 g/mol. The summed E-state index contributed by atoms with van der Waals surface area (Å²) in [6, 6.07) is 18.0. The van der Waals surface area contributed by atoms with Gasteiger partial charge in [-0.3, -0.25) is 4.79 Å². The van der Waals surface area contributed by atoms with Gasteiger partial charge in [0.15, 0.2) is 5.76 Å². The zero-order valence-corrected chi connectivity index (χ0v) is 21.9. The molecule has 10 heteroatoms. The van der Waals surface area contributed by atoms with Crippen LogP contribution in [-0.2, 0) is 22.8 Å². The zero-order chi connectivity index (χ0) is 29.6. The van der Waals surface area contributed by atoms with Crippen molar-refractivity contribution in [3.63, 3.8) is 0 Å². The van der Waals surface area contributed by atoms with Gasteiger partial charge in [0.05, 0.1) is 22.2 Å². The number of halogens is 5. The SMILES string of the molecule is Cc1noc(-c2ccc(-c3ccc(C4(C(=O)O)CC4)cc3)cc2)c1C(O)C(F)(F)CCc1ccc(C(F)(F)F)cc1. The van der Waals surface area contributed by atoms with Gasteiger partial charge in [0, 0.05) is 12.0 Å². The highest BCUT2D eigenvalue weighted by Gasteiger charge is 2.51. The van der Waals surface area contributed by atoms with Gasteiger partial charge in [0.25, 0.3) is 5.92 Å². The monoisotopic (exact) mass is 571 g/mol. The van der Waals surface area contributed by atoms with Gasteiger partial charge in [-0.25, -0.2) is 8.78 Å². The van der Waals surface area contributed by atoms with E-state index in [0.717, 1.165) is 41.0 Å². The van der Waals surface area contributed by atoms with Gasteiger partial charge in [0.2, 0.25) is 0 Å². The lowest BCUT2D eigenvalue weighted by Crippen LogP contribution is -2.27. The molecule has 1 aliphatic carbocycles. The Morgan fingerprint density at radius 1 is 0.902 bits per heavy atom. The van der Waals surface area contributed by atoms with Crippen LogP contribution in [0.15, 0.2) is 77.3 Å². The number of nitrogens with zero attached hydrogens (tertiary/aromatic N) is 1. The van der Waals surface area contributed by atoms with Crippen LogP contribution in [0.25, 0.3) is 22.5 Å². The molecule has 1 unspecified atom stereocenters. The van der Waals surface area contributed by atoms with Crippen LogP contribution in [0.4, 0.5) is 22.0 Å². The number of aliphatic carboxylic acids is 1. The molecule has 1 aliphatic rings. The molecule has 0 bridgehead atoms. The number of aromatic nitrogens is 1. The summed E-state index contributed by atoms with van der Waals surface area (Å²) in [6.45, 7) is 1.44. The Kier molecular flexibility index (Phi) is 7.23. The minimum absolute atomic E-state index is 0.0109. The summed E-state index contributed by atoms with van der Waals surface area (Å²) in [5.74, 6) is -4.46. The summed E-state index contributed by atoms with van der Waals surface area (Å²) in [7, 11) is 0. The Morgan fingerprint density at radius 3 is 1.95 bits per heavy atom. The van der Waals surface area contributed by atoms with Crippen molar-refractivity contribution >= 4 is 5.97 Å². The highest BCUT2D eigenvalue weighted by molar-refractivity contribution is 5.85. The average Bonchev–Trinajstić information content (AvgIpc) is 3.68. The number of aliphatic hydroxyl groups is 1. The van der Waals surface area contributed by atoms with Gasteiger partial charge in [-0.15, -0.1) is 0 Å². The van der Waals surface area contributed by atoms with Crippen molar-refractivity contribution < 1.29 is 41.5 Å². The summed E-state index contributed by atoms with van der Waals surface area (Å²) < 4.78 is 73.9. The predicted octanol–water partition coefficient (Wildman–Crippen LogP) is 7.75. The first kappa shape index (κ1) is 28.5. The standard InChI is InChI=1S/C31H26F5NO4/c1-18-25(27(38)30(32,33)15-14-19-2-10-24(11-3-19)31(34,35)36)26(41-37-18)22-6-4-20(5-7-22)21-8-12-23(13-9-21)29(16-17-29)28(39)40/h2-13,27,38H,14-17H2,1H3,(H,39,40). The molecule has 4 aromatic rings. The molecule has 41 heavy (non-hydrogen) atoms. The predicted molar refractivity (Wildman–Crippen MR) is 140 cm³/mol. The fourth-order valence-corrected chi connectivity index (χ4v) is 4.97. The van der Waals surface area contributed by atoms with E-state index in [9.17, 15) is 28.2 Å². The topological polar surface area (TPSA) is 83.6 Å². The van der Waals surface area contributed by atoms with Crippen LogP contribution in [0.2, 0.25) is 0 Å². The number of carboxylic acids is 1. The molecule has 0 spiro atoms. The fraction of sp³-hybridized carbons (Fsp3) is 0.290. The molecule has 1 atom stereocenters. The molecular formula is C31H26F5NO4. The maximum atomic E-state index is 15.1. The number of benzene rings is 3. The quantitative estimate of drug-likeness (QED) is 0.201. The van der Waals surface area contributed by atoms with E-state index >= 15 is 8.78 Å². The second-order valence-corrected chi connectivity index (χ2v) is 10.4. The molecule has 3 aromatic carbocycles. The minimum atomic E-state index is -4.52. The number of alkyl halides is 5. The first-order valence-electron chi connectivity index (χ1n) is 12.9. The highest BCUT2D eigenvalue weighted by Crippen LogP contribution is 2.48. The van der Waals surface area contributed by atoms with Crippen molar-refractivity contribution in [3.8, 4) is 22.5 Å². The summed E-state index contributed by atoms with van der Waals surface area (Å²) in [4.78, 5) is 11.6. The molecule has 2 N–H and O–H groups in total. The van der Waals surface area contributed by atoms with Crippen molar-refractivity contribution in [1.29, 1.82) is 0 Å². The number of aliphatic hydroxyl groups excluding tert-OH is 1. The molecule has 1 aromatic heterocycles. The molecule has 0 aliphatic heterocycles. The largest absolute Gasteiger partial charge is 0.481 e. The molecule has 5 nitrogen and oxygen atoms in total. The van der Waals surface area contributed by atoms with E-state index in [1.807, 2.05) is 12.1 Å². The lowest BCUT2D eigenvalue weighted by molar-refractivity contribution is -0.140. The fourth-order valence-electron chi connectivity index (χ4n) is 4.97. The molecule has 5 rings (SSSR count). The highest BCUT2D eigenvalue weighted by atomic mass is 19.4. The number of aryl methyl sites for hydroxylation is 2. The molecule has 1 heterocycles. The van der Waals surface area contributed by atoms with Crippen molar-refractivity contribution in [1.82, 2.24) is 5.16 Å². The Hall–Kier alpha value is -4.05. The first-order valence-corrected chi connectivity index (χ1v) is 12.9. The van der Waals surface area contributed by atoms with Gasteiger partial charge in [-0.05, 0) is 60.6 Å². The molecule has 0 radical (unpaired) electrons. The van der Waals surface area contributed by atoms with Crippen molar-refractivity contribution in [2.45, 2.75) is 56.2 Å². The van der Waals surface area contributed by atoms with Gasteiger partial charge in [0.1, 0.15) is 6.10 Å². The Bertz CT molecular complexity index is 1540. The maximum absolute atomic E-state index is 15.1. The molecule has 0 saturated heterocycles. The van der Waals surface area contributed by atoms with E-state index < -0.39 is 41.6 Å². The van der Waals surface area contributed by atoms with Crippen LogP contribution in [-0.4, -0.2) is 27.3 Å². The number of hydrogen-bond donors (Lipinski definition) is 2. The smallest absolute Gasteiger partial charge is 0.416 e. The van der Waals surface area contributed by atoms with E-state index in [2.05, 4.69) is 5.16 Å². The van der Waals surface area contributed by atoms with Crippen LogP contribution >= 0.6 is 0 Å². The van der Waals surface area contributed by atoms with Gasteiger partial charge in [-0.2, -0.15) is 13.2 Å². The third-order valence-corrected chi connectivity index (χ3v) is 7.69. The minimum Gasteiger partial charge on any atom is -0.481 e. The Balaban J connectivity index is 1.31. The van der Waals surface area contributed by atoms with E-state index in [0.29, 0.717) is 18.4 Å². The lowest BCUT2D eigenvalue weighted by Gasteiger charge is -2.23. The van der Waals surface area contributed by atoms with Crippen molar-refractivity contribution in [3.05, 3.63) is 101 Å².